The molecule has 2 aliphatic heterocycles. The molecule has 0 spiro atoms. The zero-order valence-corrected chi connectivity index (χ0v) is 13.8. The van der Waals surface area contributed by atoms with Crippen molar-refractivity contribution in [3.8, 4) is 0 Å². The highest BCUT2D eigenvalue weighted by molar-refractivity contribution is 6.31. The average molecular weight is 324 g/mol. The lowest BCUT2D eigenvalue weighted by atomic mass is 9.95. The molecule has 0 saturated carbocycles. The van der Waals surface area contributed by atoms with Gasteiger partial charge in [-0.3, -0.25) is 19.6 Å². The molecule has 3 rings (SSSR count). The Morgan fingerprint density at radius 3 is 2.62 bits per heavy atom. The van der Waals surface area contributed by atoms with Crippen LogP contribution >= 0.6 is 0 Å². The number of amides is 3. The van der Waals surface area contributed by atoms with E-state index in [0.717, 1.165) is 17.7 Å². The van der Waals surface area contributed by atoms with Gasteiger partial charge in [-0.15, -0.1) is 0 Å². The molecular formula is C18H20N4O2. The summed E-state index contributed by atoms with van der Waals surface area (Å²) in [6, 6.07) is 9.88. The van der Waals surface area contributed by atoms with Crippen molar-refractivity contribution in [1.82, 2.24) is 9.80 Å². The number of aliphatic imine (C=N–C) groups is 2. The molecular weight excluding hydrogens is 304 g/mol. The number of rotatable bonds is 4. The van der Waals surface area contributed by atoms with Crippen LogP contribution in [0.25, 0.3) is 0 Å². The first-order valence-corrected chi connectivity index (χ1v) is 7.97. The third-order valence-electron chi connectivity index (χ3n) is 4.26. The van der Waals surface area contributed by atoms with Crippen molar-refractivity contribution in [3.63, 3.8) is 0 Å². The molecule has 1 unspecified atom stereocenters. The smallest absolute Gasteiger partial charge is 0.288 e. The van der Waals surface area contributed by atoms with Gasteiger partial charge < -0.3 is 0 Å². The first kappa shape index (κ1) is 16.1. The van der Waals surface area contributed by atoms with Gasteiger partial charge in [-0.2, -0.15) is 0 Å². The summed E-state index contributed by atoms with van der Waals surface area (Å²) >= 11 is 0. The molecule has 0 aliphatic carbocycles. The summed E-state index contributed by atoms with van der Waals surface area (Å²) in [6.07, 6.45) is 5.20. The van der Waals surface area contributed by atoms with E-state index in [2.05, 4.69) is 22.1 Å². The predicted octanol–water partition coefficient (Wildman–Crippen LogP) is 2.13. The molecule has 24 heavy (non-hydrogen) atoms. The van der Waals surface area contributed by atoms with Crippen molar-refractivity contribution in [1.29, 1.82) is 0 Å². The van der Waals surface area contributed by atoms with Gasteiger partial charge in [-0.05, 0) is 24.5 Å². The third-order valence-corrected chi connectivity index (χ3v) is 4.26. The van der Waals surface area contributed by atoms with Crippen LogP contribution in [0.4, 0.5) is 4.79 Å². The van der Waals surface area contributed by atoms with Crippen LogP contribution in [0.2, 0.25) is 0 Å². The summed E-state index contributed by atoms with van der Waals surface area (Å²) in [5, 5.41) is 0. The highest BCUT2D eigenvalue weighted by atomic mass is 16.2. The first-order valence-electron chi connectivity index (χ1n) is 7.97. The molecule has 1 atom stereocenters. The molecule has 1 aromatic rings. The second kappa shape index (κ2) is 6.78. The number of amidine groups is 1. The molecule has 6 heteroatoms. The van der Waals surface area contributed by atoms with Gasteiger partial charge in [0.15, 0.2) is 0 Å². The Bertz CT molecular complexity index is 737. The molecule has 0 bridgehead atoms. The zero-order valence-electron chi connectivity index (χ0n) is 13.8. The van der Waals surface area contributed by atoms with Crippen LogP contribution in [0, 0.1) is 5.92 Å². The van der Waals surface area contributed by atoms with E-state index < -0.39 is 5.92 Å². The minimum atomic E-state index is -0.584. The Balaban J connectivity index is 1.70. The standard InChI is InChI=1S/C18H20N4O2/c1-21-16-15(17(23)22(2)18(21)24)14(10-12-20-16)19-11-6-9-13-7-4-3-5-8-13/h3-5,7-8,10,12,15H,6,9,11H2,1-2H3. The molecule has 124 valence electrons. The van der Waals surface area contributed by atoms with Gasteiger partial charge in [0.05, 0.1) is 5.71 Å². The Labute approximate surface area is 141 Å². The van der Waals surface area contributed by atoms with Gasteiger partial charge in [0.25, 0.3) is 0 Å². The van der Waals surface area contributed by atoms with E-state index >= 15 is 0 Å². The topological polar surface area (TPSA) is 65.3 Å². The summed E-state index contributed by atoms with van der Waals surface area (Å²) in [6.45, 7) is 0.632. The van der Waals surface area contributed by atoms with Crippen molar-refractivity contribution in [3.05, 3.63) is 48.2 Å². The lowest BCUT2D eigenvalue weighted by molar-refractivity contribution is -0.128. The molecule has 1 aromatic carbocycles. The van der Waals surface area contributed by atoms with E-state index in [1.807, 2.05) is 18.2 Å². The molecule has 6 nitrogen and oxygen atoms in total. The van der Waals surface area contributed by atoms with Gasteiger partial charge in [-0.25, -0.2) is 9.79 Å². The van der Waals surface area contributed by atoms with E-state index in [-0.39, 0.29) is 11.9 Å². The van der Waals surface area contributed by atoms with Crippen molar-refractivity contribution in [2.75, 3.05) is 20.6 Å². The monoisotopic (exact) mass is 324 g/mol. The number of hydrogen-bond donors (Lipinski definition) is 0. The number of carbonyl (C=O) groups excluding carboxylic acids is 2. The van der Waals surface area contributed by atoms with Gasteiger partial charge in [0.1, 0.15) is 11.8 Å². The van der Waals surface area contributed by atoms with E-state index in [1.54, 1.807) is 19.3 Å². The SMILES string of the molecule is CN1C(=O)C2C(=NCCCc3ccccc3)C=CN=C2N(C)C1=O. The summed E-state index contributed by atoms with van der Waals surface area (Å²) in [5.41, 5.74) is 1.95. The maximum atomic E-state index is 12.5. The van der Waals surface area contributed by atoms with Crippen molar-refractivity contribution < 1.29 is 9.59 Å². The quantitative estimate of drug-likeness (QED) is 0.796. The van der Waals surface area contributed by atoms with Crippen molar-refractivity contribution in [2.24, 2.45) is 15.9 Å². The Hall–Kier alpha value is -2.76. The highest BCUT2D eigenvalue weighted by Crippen LogP contribution is 2.22. The maximum Gasteiger partial charge on any atom is 0.331 e. The molecule has 0 radical (unpaired) electrons. The first-order chi connectivity index (χ1) is 11.6. The number of urea groups is 1. The fourth-order valence-electron chi connectivity index (χ4n) is 2.90. The van der Waals surface area contributed by atoms with Crippen LogP contribution in [0.3, 0.4) is 0 Å². The Morgan fingerprint density at radius 2 is 1.88 bits per heavy atom. The number of nitrogens with zero attached hydrogens (tertiary/aromatic N) is 4. The third kappa shape index (κ3) is 2.99. The van der Waals surface area contributed by atoms with E-state index in [9.17, 15) is 9.59 Å². The lowest BCUT2D eigenvalue weighted by Gasteiger charge is -2.36. The molecule has 1 fully saturated rings. The van der Waals surface area contributed by atoms with E-state index in [4.69, 9.17) is 0 Å². The fraction of sp³-hybridized carbons (Fsp3) is 0.333. The van der Waals surface area contributed by atoms with Crippen LogP contribution in [-0.4, -0.2) is 53.9 Å². The highest BCUT2D eigenvalue weighted by Gasteiger charge is 2.43. The van der Waals surface area contributed by atoms with Crippen LogP contribution < -0.4 is 0 Å². The summed E-state index contributed by atoms with van der Waals surface area (Å²) in [5.74, 6) is -0.408. The second-order valence-electron chi connectivity index (χ2n) is 5.87. The van der Waals surface area contributed by atoms with Crippen LogP contribution in [-0.2, 0) is 11.2 Å². The van der Waals surface area contributed by atoms with Crippen LogP contribution in [0.1, 0.15) is 12.0 Å². The van der Waals surface area contributed by atoms with E-state index in [0.29, 0.717) is 18.1 Å². The second-order valence-corrected chi connectivity index (χ2v) is 5.87. The molecule has 0 N–H and O–H groups in total. The minimum Gasteiger partial charge on any atom is -0.288 e. The van der Waals surface area contributed by atoms with Gasteiger partial charge in [-0.1, -0.05) is 30.3 Å². The number of hydrogen-bond acceptors (Lipinski definition) is 4. The molecule has 1 saturated heterocycles. The number of aryl methyl sites for hydroxylation is 1. The van der Waals surface area contributed by atoms with Gasteiger partial charge in [0, 0.05) is 26.8 Å². The molecule has 2 aliphatic rings. The number of carbonyl (C=O) groups is 2. The van der Waals surface area contributed by atoms with E-state index in [1.165, 1.54) is 17.5 Å². The zero-order chi connectivity index (χ0) is 17.1. The fourth-order valence-corrected chi connectivity index (χ4v) is 2.90. The maximum absolute atomic E-state index is 12.5. The number of fused-ring (bicyclic) bond motifs is 1. The van der Waals surface area contributed by atoms with Gasteiger partial charge >= 0.3 is 6.03 Å². The van der Waals surface area contributed by atoms with Crippen molar-refractivity contribution in [2.45, 2.75) is 12.8 Å². The summed E-state index contributed by atoms with van der Waals surface area (Å²) in [4.78, 5) is 35.8. The minimum absolute atomic E-state index is 0.275. The molecule has 2 heterocycles. The average Bonchev–Trinajstić information content (AvgIpc) is 2.62. The van der Waals surface area contributed by atoms with Gasteiger partial charge in [0.2, 0.25) is 5.91 Å². The van der Waals surface area contributed by atoms with Crippen LogP contribution in [0.5, 0.6) is 0 Å². The summed E-state index contributed by atoms with van der Waals surface area (Å²) < 4.78 is 0. The molecule has 0 aromatic heterocycles. The number of benzene rings is 1. The molecule has 3 amide bonds. The van der Waals surface area contributed by atoms with Crippen LogP contribution in [0.15, 0.2) is 52.6 Å². The lowest BCUT2D eigenvalue weighted by Crippen LogP contribution is -2.59. The number of imide groups is 1. The normalized spacial score (nSPS) is 22.0. The number of allylic oxidation sites excluding steroid dienone is 1. The summed E-state index contributed by atoms with van der Waals surface area (Å²) in [7, 11) is 3.12. The Kier molecular flexibility index (Phi) is 4.55. The Morgan fingerprint density at radius 1 is 1.12 bits per heavy atom. The predicted molar refractivity (Wildman–Crippen MR) is 93.1 cm³/mol. The largest absolute Gasteiger partial charge is 0.331 e. The van der Waals surface area contributed by atoms with Crippen molar-refractivity contribution >= 4 is 23.5 Å².